The van der Waals surface area contributed by atoms with Crippen molar-refractivity contribution in [1.82, 2.24) is 14.6 Å². The minimum atomic E-state index is -4.71. The summed E-state index contributed by atoms with van der Waals surface area (Å²) < 4.78 is 77.5. The highest BCUT2D eigenvalue weighted by molar-refractivity contribution is 7.52. The van der Waals surface area contributed by atoms with E-state index in [1.54, 1.807) is 19.9 Å². The number of aliphatic hydroxyl groups excluding tert-OH is 2. The SMILES string of the molecule is CC(C)OC(=O)[C@H](C)NP(=O)(OC[C@@]1(C(F)F)O[C@@H](n2cc(F)c(N)nc2=O)[C@H](O)[C@H]1O)Oc1ccccc1. The van der Waals surface area contributed by atoms with Crippen LogP contribution in [-0.2, 0) is 23.4 Å². The number of carbonyl (C=O) groups is 1. The Morgan fingerprint density at radius 1 is 1.28 bits per heavy atom. The topological polar surface area (TPSA) is 184 Å². The lowest BCUT2D eigenvalue weighted by atomic mass is 9.96. The smallest absolute Gasteiger partial charge is 0.459 e. The molecular formula is C22H28F3N4O9P. The molecule has 6 atom stereocenters. The Kier molecular flexibility index (Phi) is 9.41. The summed E-state index contributed by atoms with van der Waals surface area (Å²) in [6.07, 6.45) is -10.4. The van der Waals surface area contributed by atoms with Crippen molar-refractivity contribution >= 4 is 19.5 Å². The predicted molar refractivity (Wildman–Crippen MR) is 128 cm³/mol. The predicted octanol–water partition coefficient (Wildman–Crippen LogP) is 1.35. The molecule has 5 N–H and O–H groups in total. The van der Waals surface area contributed by atoms with Gasteiger partial charge < -0.3 is 29.9 Å². The van der Waals surface area contributed by atoms with Crippen LogP contribution in [-0.4, -0.2) is 68.7 Å². The van der Waals surface area contributed by atoms with Gasteiger partial charge in [0.1, 0.15) is 24.0 Å². The van der Waals surface area contributed by atoms with Crippen LogP contribution in [0.1, 0.15) is 27.0 Å². The monoisotopic (exact) mass is 580 g/mol. The second kappa shape index (κ2) is 12.0. The fraction of sp³-hybridized carbons (Fsp3) is 0.500. The molecule has 39 heavy (non-hydrogen) atoms. The molecule has 1 unspecified atom stereocenters. The third kappa shape index (κ3) is 6.77. The molecule has 1 fully saturated rings. The summed E-state index contributed by atoms with van der Waals surface area (Å²) in [5.41, 5.74) is 0.854. The van der Waals surface area contributed by atoms with Crippen LogP contribution in [0.2, 0.25) is 0 Å². The minimum absolute atomic E-state index is 0.0374. The van der Waals surface area contributed by atoms with Crippen molar-refractivity contribution in [3.05, 3.63) is 52.8 Å². The number of nitrogens with one attached hydrogen (secondary N) is 1. The van der Waals surface area contributed by atoms with E-state index in [-0.39, 0.29) is 5.75 Å². The number of nitrogen functional groups attached to an aromatic ring is 1. The molecule has 3 rings (SSSR count). The second-order valence-electron chi connectivity index (χ2n) is 8.88. The van der Waals surface area contributed by atoms with E-state index >= 15 is 0 Å². The summed E-state index contributed by atoms with van der Waals surface area (Å²) in [5.74, 6) is -2.91. The lowest BCUT2D eigenvalue weighted by molar-refractivity contribution is -0.193. The van der Waals surface area contributed by atoms with Crippen molar-refractivity contribution in [2.45, 2.75) is 63.4 Å². The van der Waals surface area contributed by atoms with Gasteiger partial charge in [-0.1, -0.05) is 18.2 Å². The number of ether oxygens (including phenoxy) is 2. The highest BCUT2D eigenvalue weighted by atomic mass is 31.2. The Balaban J connectivity index is 1.92. The van der Waals surface area contributed by atoms with E-state index in [1.807, 2.05) is 0 Å². The number of para-hydroxylation sites is 1. The molecule has 0 bridgehead atoms. The van der Waals surface area contributed by atoms with Crippen molar-refractivity contribution < 1.29 is 51.3 Å². The molecule has 0 saturated carbocycles. The number of hydrogen-bond acceptors (Lipinski definition) is 11. The van der Waals surface area contributed by atoms with E-state index < -0.39 is 80.3 Å². The molecule has 216 valence electrons. The molecule has 0 radical (unpaired) electrons. The zero-order valence-corrected chi connectivity index (χ0v) is 21.8. The number of aromatic nitrogens is 2. The number of alkyl halides is 2. The number of anilines is 1. The van der Waals surface area contributed by atoms with E-state index in [0.717, 1.165) is 0 Å². The van der Waals surface area contributed by atoms with Crippen LogP contribution >= 0.6 is 7.75 Å². The highest BCUT2D eigenvalue weighted by Gasteiger charge is 2.61. The van der Waals surface area contributed by atoms with E-state index in [2.05, 4.69) is 10.1 Å². The average molecular weight is 580 g/mol. The van der Waals surface area contributed by atoms with Crippen LogP contribution in [0.25, 0.3) is 0 Å². The lowest BCUT2D eigenvalue weighted by Crippen LogP contribution is -2.53. The van der Waals surface area contributed by atoms with Crippen molar-refractivity contribution in [3.63, 3.8) is 0 Å². The largest absolute Gasteiger partial charge is 0.462 e. The maximum atomic E-state index is 14.4. The number of nitrogens with zero attached hydrogens (tertiary/aromatic N) is 2. The zero-order chi connectivity index (χ0) is 29.1. The number of rotatable bonds is 11. The summed E-state index contributed by atoms with van der Waals surface area (Å²) in [7, 11) is -4.71. The molecule has 0 amide bonds. The highest BCUT2D eigenvalue weighted by Crippen LogP contribution is 2.49. The standard InChI is InChI=1S/C22H28F3N4O9P/c1-11(2)36-19(32)12(3)28-39(34,38-13-7-5-4-6-8-13)35-10-22(20(24)25)16(31)15(30)18(37-22)29-9-14(23)17(26)27-21(29)33/h4-9,11-12,15-16,18,20,30-31H,10H2,1-3H3,(H,28,34)(H2,26,27,33)/t12-,15+,16+,18+,22+,39?/m0/s1. The minimum Gasteiger partial charge on any atom is -0.462 e. The molecule has 17 heteroatoms. The van der Waals surface area contributed by atoms with Gasteiger partial charge in [0, 0.05) is 0 Å². The Labute approximate surface area is 220 Å². The van der Waals surface area contributed by atoms with Crippen LogP contribution in [0.4, 0.5) is 19.0 Å². The van der Waals surface area contributed by atoms with Gasteiger partial charge in [-0.2, -0.15) is 10.1 Å². The summed E-state index contributed by atoms with van der Waals surface area (Å²) in [5, 5.41) is 23.3. The van der Waals surface area contributed by atoms with Crippen LogP contribution in [0, 0.1) is 5.82 Å². The van der Waals surface area contributed by atoms with E-state index in [0.29, 0.717) is 10.8 Å². The first-order chi connectivity index (χ1) is 18.2. The van der Waals surface area contributed by atoms with Crippen molar-refractivity contribution in [3.8, 4) is 5.75 Å². The molecule has 1 aliphatic heterocycles. The maximum absolute atomic E-state index is 14.4. The van der Waals surface area contributed by atoms with Gasteiger partial charge in [-0.05, 0) is 32.9 Å². The number of carbonyl (C=O) groups excluding carboxylic acids is 1. The van der Waals surface area contributed by atoms with Gasteiger partial charge in [0.05, 0.1) is 18.9 Å². The van der Waals surface area contributed by atoms with Gasteiger partial charge in [-0.3, -0.25) is 13.9 Å². The normalized spacial score (nSPS) is 25.4. The van der Waals surface area contributed by atoms with Crippen LogP contribution in [0.3, 0.4) is 0 Å². The number of benzene rings is 1. The molecule has 1 aromatic heterocycles. The number of nitrogens with two attached hydrogens (primary N) is 1. The number of hydrogen-bond donors (Lipinski definition) is 4. The van der Waals surface area contributed by atoms with Gasteiger partial charge in [0.2, 0.25) is 0 Å². The second-order valence-corrected chi connectivity index (χ2v) is 10.6. The molecule has 13 nitrogen and oxygen atoms in total. The quantitative estimate of drug-likeness (QED) is 0.221. The molecule has 0 aliphatic carbocycles. The molecule has 1 aliphatic rings. The van der Waals surface area contributed by atoms with Crippen LogP contribution in [0.5, 0.6) is 5.75 Å². The summed E-state index contributed by atoms with van der Waals surface area (Å²) in [4.78, 5) is 27.6. The maximum Gasteiger partial charge on any atom is 0.459 e. The van der Waals surface area contributed by atoms with Gasteiger partial charge in [-0.15, -0.1) is 0 Å². The molecule has 1 aromatic carbocycles. The fourth-order valence-electron chi connectivity index (χ4n) is 3.55. The summed E-state index contributed by atoms with van der Waals surface area (Å²) >= 11 is 0. The number of halogens is 3. The number of aliphatic hydroxyl groups is 2. The van der Waals surface area contributed by atoms with Gasteiger partial charge >= 0.3 is 19.4 Å². The Morgan fingerprint density at radius 2 is 1.92 bits per heavy atom. The summed E-state index contributed by atoms with van der Waals surface area (Å²) in [6.45, 7) is 3.01. The van der Waals surface area contributed by atoms with Crippen LogP contribution in [0.15, 0.2) is 41.3 Å². The van der Waals surface area contributed by atoms with E-state index in [4.69, 9.17) is 24.3 Å². The first kappa shape index (κ1) is 30.5. The molecule has 1 saturated heterocycles. The Morgan fingerprint density at radius 3 is 2.51 bits per heavy atom. The fourth-order valence-corrected chi connectivity index (χ4v) is 5.08. The first-order valence-electron chi connectivity index (χ1n) is 11.5. The lowest BCUT2D eigenvalue weighted by Gasteiger charge is -2.32. The number of esters is 1. The first-order valence-corrected chi connectivity index (χ1v) is 13.1. The average Bonchev–Trinajstić information content (AvgIpc) is 3.11. The Bertz CT molecular complexity index is 1270. The Hall–Kier alpha value is -3.01. The van der Waals surface area contributed by atoms with Crippen molar-refractivity contribution in [2.24, 2.45) is 0 Å². The zero-order valence-electron chi connectivity index (χ0n) is 20.9. The van der Waals surface area contributed by atoms with Gasteiger partial charge in [-0.25, -0.2) is 22.5 Å². The molecule has 2 aromatic rings. The third-order valence-corrected chi connectivity index (χ3v) is 7.14. The van der Waals surface area contributed by atoms with Crippen LogP contribution < -0.4 is 21.0 Å². The van der Waals surface area contributed by atoms with Gasteiger partial charge in [0.15, 0.2) is 23.5 Å². The third-order valence-electron chi connectivity index (χ3n) is 5.52. The molecular weight excluding hydrogens is 552 g/mol. The van der Waals surface area contributed by atoms with Gasteiger partial charge in [0.25, 0.3) is 6.43 Å². The van der Waals surface area contributed by atoms with Crippen molar-refractivity contribution in [2.75, 3.05) is 12.3 Å². The van der Waals surface area contributed by atoms with E-state index in [9.17, 15) is 37.5 Å². The molecule has 0 spiro atoms. The van der Waals surface area contributed by atoms with Crippen molar-refractivity contribution in [1.29, 1.82) is 0 Å². The summed E-state index contributed by atoms with van der Waals surface area (Å²) in [6, 6.07) is 6.06. The van der Waals surface area contributed by atoms with E-state index in [1.165, 1.54) is 31.2 Å². The molecule has 2 heterocycles.